The van der Waals surface area contributed by atoms with E-state index in [1.165, 1.54) is 7.11 Å². The van der Waals surface area contributed by atoms with Crippen LogP contribution in [0.15, 0.2) is 24.7 Å². The first-order valence-electron chi connectivity index (χ1n) is 8.53. The van der Waals surface area contributed by atoms with Crippen molar-refractivity contribution in [2.75, 3.05) is 19.4 Å². The number of fused-ring (bicyclic) bond motifs is 1. The van der Waals surface area contributed by atoms with Crippen molar-refractivity contribution in [3.05, 3.63) is 30.4 Å². The molecular formula is C17H21N7O2. The molecule has 3 aromatic rings. The van der Waals surface area contributed by atoms with Crippen LogP contribution in [-0.2, 0) is 16.6 Å². The fraction of sp³-hybridized carbons (Fsp3) is 0.412. The Balaban J connectivity index is 1.81. The number of nitrogens with zero attached hydrogens (tertiary/aromatic N) is 5. The molecule has 0 saturated carbocycles. The fourth-order valence-electron chi connectivity index (χ4n) is 3.54. The molecule has 9 nitrogen and oxygen atoms in total. The highest BCUT2D eigenvalue weighted by atomic mass is 16.5. The molecule has 1 fully saturated rings. The van der Waals surface area contributed by atoms with Gasteiger partial charge in [0.1, 0.15) is 11.9 Å². The maximum Gasteiger partial charge on any atom is 0.323 e. The van der Waals surface area contributed by atoms with Crippen molar-refractivity contribution in [3.63, 3.8) is 0 Å². The SMILES string of the molecule is COC(=O)[C@H]1NCCC[C@@H]1c1cc(N)n2ncc(-c3cnn(C)c3)c2n1. The second kappa shape index (κ2) is 6.41. The number of nitrogen functional groups attached to an aromatic ring is 1. The Hall–Kier alpha value is -2.94. The van der Waals surface area contributed by atoms with Crippen molar-refractivity contribution in [1.82, 2.24) is 29.7 Å². The van der Waals surface area contributed by atoms with Gasteiger partial charge in [0.25, 0.3) is 0 Å². The van der Waals surface area contributed by atoms with Gasteiger partial charge in [-0.2, -0.15) is 14.7 Å². The van der Waals surface area contributed by atoms with Gasteiger partial charge in [-0.3, -0.25) is 9.48 Å². The molecule has 1 aliphatic heterocycles. The molecular weight excluding hydrogens is 334 g/mol. The average molecular weight is 355 g/mol. The standard InChI is InChI=1S/C17H21N7O2/c1-23-9-10(7-20-23)12-8-21-24-14(18)6-13(22-16(12)24)11-4-3-5-19-15(11)17(25)26-2/h6-9,11,15,19H,3-5,18H2,1-2H3/t11-,15+/m1/s1. The Bertz CT molecular complexity index is 961. The molecule has 3 aromatic heterocycles. The van der Waals surface area contributed by atoms with Gasteiger partial charge < -0.3 is 15.8 Å². The van der Waals surface area contributed by atoms with Gasteiger partial charge in [-0.15, -0.1) is 0 Å². The van der Waals surface area contributed by atoms with Crippen LogP contribution >= 0.6 is 0 Å². The Kier molecular flexibility index (Phi) is 4.08. The van der Waals surface area contributed by atoms with E-state index >= 15 is 0 Å². The summed E-state index contributed by atoms with van der Waals surface area (Å²) < 4.78 is 8.28. The van der Waals surface area contributed by atoms with E-state index in [0.717, 1.165) is 36.2 Å². The molecule has 0 amide bonds. The number of aryl methyl sites for hydroxylation is 1. The van der Waals surface area contributed by atoms with Gasteiger partial charge in [0.2, 0.25) is 0 Å². The van der Waals surface area contributed by atoms with Gasteiger partial charge >= 0.3 is 5.97 Å². The number of ether oxygens (including phenoxy) is 1. The number of nitrogens with two attached hydrogens (primary N) is 1. The van der Waals surface area contributed by atoms with E-state index in [1.54, 1.807) is 27.7 Å². The number of nitrogens with one attached hydrogen (secondary N) is 1. The lowest BCUT2D eigenvalue weighted by atomic mass is 9.87. The number of rotatable bonds is 3. The minimum absolute atomic E-state index is 0.0971. The van der Waals surface area contributed by atoms with Gasteiger partial charge in [0.05, 0.1) is 25.2 Å². The maximum absolute atomic E-state index is 12.2. The quantitative estimate of drug-likeness (QED) is 0.666. The maximum atomic E-state index is 12.2. The molecule has 136 valence electrons. The predicted molar refractivity (Wildman–Crippen MR) is 95.4 cm³/mol. The molecule has 26 heavy (non-hydrogen) atoms. The van der Waals surface area contributed by atoms with Crippen LogP contribution in [0.5, 0.6) is 0 Å². The normalized spacial score (nSPS) is 20.4. The lowest BCUT2D eigenvalue weighted by Crippen LogP contribution is -2.46. The van der Waals surface area contributed by atoms with Gasteiger partial charge in [0, 0.05) is 36.4 Å². The zero-order chi connectivity index (χ0) is 18.3. The second-order valence-corrected chi connectivity index (χ2v) is 6.51. The minimum Gasteiger partial charge on any atom is -0.468 e. The predicted octanol–water partition coefficient (Wildman–Crippen LogP) is 0.721. The third-order valence-electron chi connectivity index (χ3n) is 4.83. The highest BCUT2D eigenvalue weighted by Gasteiger charge is 2.34. The molecule has 9 heteroatoms. The number of anilines is 1. The van der Waals surface area contributed by atoms with Crippen molar-refractivity contribution in [2.45, 2.75) is 24.8 Å². The first-order chi connectivity index (χ1) is 12.6. The monoisotopic (exact) mass is 355 g/mol. The van der Waals surface area contributed by atoms with Crippen LogP contribution in [0.25, 0.3) is 16.8 Å². The van der Waals surface area contributed by atoms with E-state index in [4.69, 9.17) is 15.5 Å². The number of hydrogen-bond donors (Lipinski definition) is 2. The van der Waals surface area contributed by atoms with Crippen molar-refractivity contribution < 1.29 is 9.53 Å². The van der Waals surface area contributed by atoms with Crippen molar-refractivity contribution in [3.8, 4) is 11.1 Å². The van der Waals surface area contributed by atoms with E-state index in [2.05, 4.69) is 15.5 Å². The number of piperidine rings is 1. The Morgan fingerprint density at radius 2 is 2.23 bits per heavy atom. The molecule has 0 spiro atoms. The third kappa shape index (κ3) is 2.70. The number of carbonyl (C=O) groups excluding carboxylic acids is 1. The van der Waals surface area contributed by atoms with Crippen LogP contribution in [0.4, 0.5) is 5.82 Å². The van der Waals surface area contributed by atoms with E-state index in [9.17, 15) is 4.79 Å². The summed E-state index contributed by atoms with van der Waals surface area (Å²) in [7, 11) is 3.26. The van der Waals surface area contributed by atoms with Crippen molar-refractivity contribution in [1.29, 1.82) is 0 Å². The molecule has 0 bridgehead atoms. The first-order valence-corrected chi connectivity index (χ1v) is 8.53. The van der Waals surface area contributed by atoms with E-state index < -0.39 is 6.04 Å². The second-order valence-electron chi connectivity index (χ2n) is 6.51. The summed E-state index contributed by atoms with van der Waals surface area (Å²) >= 11 is 0. The van der Waals surface area contributed by atoms with Gasteiger partial charge in [-0.1, -0.05) is 0 Å². The number of aromatic nitrogens is 5. The topological polar surface area (TPSA) is 112 Å². The van der Waals surface area contributed by atoms with Crippen LogP contribution in [0, 0.1) is 0 Å². The van der Waals surface area contributed by atoms with Gasteiger partial charge in [-0.05, 0) is 19.4 Å². The summed E-state index contributed by atoms with van der Waals surface area (Å²) in [5, 5.41) is 11.8. The molecule has 1 aliphatic rings. The molecule has 2 atom stereocenters. The fourth-order valence-corrected chi connectivity index (χ4v) is 3.54. The van der Waals surface area contributed by atoms with Crippen LogP contribution < -0.4 is 11.1 Å². The lowest BCUT2D eigenvalue weighted by molar-refractivity contribution is -0.144. The van der Waals surface area contributed by atoms with Crippen molar-refractivity contribution in [2.24, 2.45) is 7.05 Å². The molecule has 1 saturated heterocycles. The number of esters is 1. The van der Waals surface area contributed by atoms with E-state index in [0.29, 0.717) is 11.5 Å². The zero-order valence-corrected chi connectivity index (χ0v) is 14.7. The summed E-state index contributed by atoms with van der Waals surface area (Å²) in [4.78, 5) is 17.0. The summed E-state index contributed by atoms with van der Waals surface area (Å²) in [6, 6.07) is 1.37. The number of hydrogen-bond acceptors (Lipinski definition) is 7. The van der Waals surface area contributed by atoms with Gasteiger partial charge in [-0.25, -0.2) is 4.98 Å². The van der Waals surface area contributed by atoms with E-state index in [1.807, 2.05) is 13.2 Å². The molecule has 4 heterocycles. The summed E-state index contributed by atoms with van der Waals surface area (Å²) in [5.41, 5.74) is 9.41. The lowest BCUT2D eigenvalue weighted by Gasteiger charge is -2.30. The number of methoxy groups -OCH3 is 1. The zero-order valence-electron chi connectivity index (χ0n) is 14.7. The molecule has 0 aliphatic carbocycles. The van der Waals surface area contributed by atoms with Crippen LogP contribution in [0.1, 0.15) is 24.5 Å². The molecule has 0 aromatic carbocycles. The van der Waals surface area contributed by atoms with Crippen LogP contribution in [0.3, 0.4) is 0 Å². The Morgan fingerprint density at radius 1 is 1.38 bits per heavy atom. The third-order valence-corrected chi connectivity index (χ3v) is 4.83. The summed E-state index contributed by atoms with van der Waals surface area (Å²) in [6.45, 7) is 0.779. The summed E-state index contributed by atoms with van der Waals surface area (Å²) in [6.07, 6.45) is 7.20. The van der Waals surface area contributed by atoms with Crippen LogP contribution in [-0.4, -0.2) is 50.0 Å². The Labute approximate surface area is 150 Å². The average Bonchev–Trinajstić information content (AvgIpc) is 3.27. The molecule has 4 rings (SSSR count). The first kappa shape index (κ1) is 16.5. The summed E-state index contributed by atoms with van der Waals surface area (Å²) in [5.74, 6) is 0.102. The largest absolute Gasteiger partial charge is 0.468 e. The Morgan fingerprint density at radius 3 is 2.96 bits per heavy atom. The smallest absolute Gasteiger partial charge is 0.323 e. The highest BCUT2D eigenvalue weighted by molar-refractivity contribution is 5.79. The highest BCUT2D eigenvalue weighted by Crippen LogP contribution is 2.31. The minimum atomic E-state index is -0.423. The van der Waals surface area contributed by atoms with E-state index in [-0.39, 0.29) is 11.9 Å². The molecule has 0 unspecified atom stereocenters. The van der Waals surface area contributed by atoms with Gasteiger partial charge in [0.15, 0.2) is 5.65 Å². The van der Waals surface area contributed by atoms with Crippen molar-refractivity contribution >= 4 is 17.4 Å². The van der Waals surface area contributed by atoms with Crippen LogP contribution in [0.2, 0.25) is 0 Å². The molecule has 0 radical (unpaired) electrons. The molecule has 3 N–H and O–H groups in total. The number of carbonyl (C=O) groups is 1.